The summed E-state index contributed by atoms with van der Waals surface area (Å²) in [5.74, 6) is 0.550. The number of hydrogen-bond donors (Lipinski definition) is 1. The summed E-state index contributed by atoms with van der Waals surface area (Å²) in [4.78, 5) is 2.07. The van der Waals surface area contributed by atoms with Crippen LogP contribution in [0.25, 0.3) is 6.08 Å². The van der Waals surface area contributed by atoms with Gasteiger partial charge in [-0.3, -0.25) is 0 Å². The first-order valence-electron chi connectivity index (χ1n) is 9.17. The molecule has 0 aliphatic carbocycles. The first kappa shape index (κ1) is 19.2. The Balaban J connectivity index is 1.96. The van der Waals surface area contributed by atoms with Gasteiger partial charge in [-0.2, -0.15) is 15.6 Å². The summed E-state index contributed by atoms with van der Waals surface area (Å²) >= 11 is 0. The van der Waals surface area contributed by atoms with Gasteiger partial charge in [-0.05, 0) is 32.0 Å². The number of furan rings is 1. The van der Waals surface area contributed by atoms with Crippen LogP contribution in [0.4, 0.5) is 11.6 Å². The van der Waals surface area contributed by atoms with E-state index in [0.29, 0.717) is 11.5 Å². The zero-order chi connectivity index (χ0) is 20.1. The number of benzene rings is 1. The van der Waals surface area contributed by atoms with Gasteiger partial charge < -0.3 is 15.1 Å². The second-order valence-electron chi connectivity index (χ2n) is 6.28. The number of allylic oxidation sites excluding steroid dienone is 1. The lowest BCUT2D eigenvalue weighted by Gasteiger charge is -2.21. The number of nitrogens with zero attached hydrogens (tertiary/aromatic N) is 5. The first-order chi connectivity index (χ1) is 13.6. The Bertz CT molecular complexity index is 959. The van der Waals surface area contributed by atoms with Crippen molar-refractivity contribution in [1.82, 2.24) is 0 Å². The average Bonchev–Trinajstić information content (AvgIpc) is 3.32. The van der Waals surface area contributed by atoms with Crippen molar-refractivity contribution in [3.05, 3.63) is 53.8 Å². The second-order valence-corrected chi connectivity index (χ2v) is 6.28. The molecule has 2 atom stereocenters. The highest BCUT2D eigenvalue weighted by atomic mass is 16.4. The molecule has 7 heteroatoms. The molecule has 1 aliphatic rings. The van der Waals surface area contributed by atoms with Crippen LogP contribution in [0.5, 0.6) is 0 Å². The van der Waals surface area contributed by atoms with E-state index in [-0.39, 0.29) is 5.57 Å². The molecule has 2 aromatic rings. The highest BCUT2D eigenvalue weighted by molar-refractivity contribution is 6.11. The van der Waals surface area contributed by atoms with Gasteiger partial charge in [0.25, 0.3) is 0 Å². The third kappa shape index (κ3) is 3.62. The molecular weight excluding hydrogens is 352 g/mol. The molecule has 142 valence electrons. The summed E-state index contributed by atoms with van der Waals surface area (Å²) in [6.07, 6.45) is 0.944. The van der Waals surface area contributed by atoms with Crippen molar-refractivity contribution < 1.29 is 4.42 Å². The first-order valence-corrected chi connectivity index (χ1v) is 9.17. The molecule has 0 amide bonds. The van der Waals surface area contributed by atoms with E-state index in [1.54, 1.807) is 17.2 Å². The Morgan fingerprint density at radius 1 is 1.21 bits per heavy atom. The van der Waals surface area contributed by atoms with E-state index in [1.165, 1.54) is 0 Å². The Morgan fingerprint density at radius 2 is 1.93 bits per heavy atom. The minimum atomic E-state index is -0.719. The Morgan fingerprint density at radius 3 is 2.54 bits per heavy atom. The van der Waals surface area contributed by atoms with Gasteiger partial charge in [0.05, 0.1) is 23.0 Å². The standard InChI is InChI=1S/C21H22N6O/c1-3-26(4-2)19-11-10-17(28-19)12-15(13-22)20-18(14-23)21(24)27(25-20)16-8-6-5-7-9-16/h5-12,18,21H,3-4,24H2,1-2H3/b15-12-/t18-,21+/m1/s1. The van der Waals surface area contributed by atoms with Crippen LogP contribution < -0.4 is 15.6 Å². The van der Waals surface area contributed by atoms with Gasteiger partial charge in [0, 0.05) is 25.2 Å². The monoisotopic (exact) mass is 374 g/mol. The van der Waals surface area contributed by atoms with E-state index < -0.39 is 12.1 Å². The molecule has 1 aromatic heterocycles. The lowest BCUT2D eigenvalue weighted by atomic mass is 9.96. The molecule has 2 N–H and O–H groups in total. The van der Waals surface area contributed by atoms with Gasteiger partial charge in [-0.25, -0.2) is 5.01 Å². The summed E-state index contributed by atoms with van der Waals surface area (Å²) in [5, 5.41) is 25.4. The Labute approximate surface area is 164 Å². The van der Waals surface area contributed by atoms with Crippen LogP contribution in [-0.4, -0.2) is 25.0 Å². The summed E-state index contributed by atoms with van der Waals surface area (Å²) in [7, 11) is 0. The van der Waals surface area contributed by atoms with Gasteiger partial charge in [0.1, 0.15) is 23.9 Å². The van der Waals surface area contributed by atoms with Gasteiger partial charge in [-0.1, -0.05) is 18.2 Å². The maximum absolute atomic E-state index is 9.69. The summed E-state index contributed by atoms with van der Waals surface area (Å²) in [6, 6.07) is 17.3. The van der Waals surface area contributed by atoms with Gasteiger partial charge in [-0.15, -0.1) is 0 Å². The van der Waals surface area contributed by atoms with E-state index in [9.17, 15) is 10.5 Å². The molecular formula is C21H22N6O. The van der Waals surface area contributed by atoms with Gasteiger partial charge >= 0.3 is 0 Å². The van der Waals surface area contributed by atoms with Crippen LogP contribution in [0, 0.1) is 28.6 Å². The number of nitriles is 2. The Hall–Kier alpha value is -3.55. The van der Waals surface area contributed by atoms with E-state index in [2.05, 4.69) is 22.1 Å². The number of hydrazone groups is 1. The molecule has 0 fully saturated rings. The highest BCUT2D eigenvalue weighted by Gasteiger charge is 2.37. The normalized spacial score (nSPS) is 19.1. The minimum absolute atomic E-state index is 0.265. The van der Waals surface area contributed by atoms with Crippen LogP contribution in [0.1, 0.15) is 19.6 Å². The van der Waals surface area contributed by atoms with Crippen LogP contribution in [0.15, 0.2) is 57.6 Å². The molecule has 2 heterocycles. The fourth-order valence-electron chi connectivity index (χ4n) is 3.15. The molecule has 7 nitrogen and oxygen atoms in total. The summed E-state index contributed by atoms with van der Waals surface area (Å²) in [5.41, 5.74) is 7.63. The quantitative estimate of drug-likeness (QED) is 0.778. The topological polar surface area (TPSA) is 106 Å². The van der Waals surface area contributed by atoms with Gasteiger partial charge in [0.15, 0.2) is 5.88 Å². The third-order valence-electron chi connectivity index (χ3n) is 4.66. The van der Waals surface area contributed by atoms with E-state index in [1.807, 2.05) is 50.2 Å². The predicted octanol–water partition coefficient (Wildman–Crippen LogP) is 3.33. The van der Waals surface area contributed by atoms with Crippen molar-refractivity contribution in [2.45, 2.75) is 20.0 Å². The van der Waals surface area contributed by atoms with E-state index in [4.69, 9.17) is 10.2 Å². The molecule has 3 rings (SSSR count). The number of nitrogens with two attached hydrogens (primary N) is 1. The SMILES string of the molecule is CCN(CC)c1ccc(/C=C(/C#N)C2=NN(c3ccccc3)[C@H](N)[C@@H]2C#N)o1. The van der Waals surface area contributed by atoms with E-state index >= 15 is 0 Å². The highest BCUT2D eigenvalue weighted by Crippen LogP contribution is 2.29. The van der Waals surface area contributed by atoms with Crippen LogP contribution in [0.2, 0.25) is 0 Å². The summed E-state index contributed by atoms with van der Waals surface area (Å²) in [6.45, 7) is 5.74. The van der Waals surface area contributed by atoms with Crippen molar-refractivity contribution in [3.63, 3.8) is 0 Å². The molecule has 1 aromatic carbocycles. The molecule has 0 unspecified atom stereocenters. The predicted molar refractivity (Wildman–Crippen MR) is 109 cm³/mol. The number of hydrogen-bond acceptors (Lipinski definition) is 7. The molecule has 0 saturated heterocycles. The van der Waals surface area contributed by atoms with Crippen LogP contribution in [0.3, 0.4) is 0 Å². The number of anilines is 2. The lowest BCUT2D eigenvalue weighted by molar-refractivity contribution is 0.541. The average molecular weight is 374 g/mol. The molecule has 28 heavy (non-hydrogen) atoms. The largest absolute Gasteiger partial charge is 0.441 e. The lowest BCUT2D eigenvalue weighted by Crippen LogP contribution is -2.40. The fraction of sp³-hybridized carbons (Fsp3) is 0.286. The molecule has 1 aliphatic heterocycles. The zero-order valence-electron chi connectivity index (χ0n) is 15.9. The van der Waals surface area contributed by atoms with Crippen LogP contribution in [-0.2, 0) is 0 Å². The molecule has 0 radical (unpaired) electrons. The van der Waals surface area contributed by atoms with Gasteiger partial charge in [0.2, 0.25) is 0 Å². The maximum atomic E-state index is 9.69. The Kier molecular flexibility index (Phi) is 5.78. The van der Waals surface area contributed by atoms with Crippen LogP contribution >= 0.6 is 0 Å². The van der Waals surface area contributed by atoms with Crippen molar-refractivity contribution in [1.29, 1.82) is 10.5 Å². The molecule has 0 saturated carbocycles. The number of rotatable bonds is 6. The van der Waals surface area contributed by atoms with E-state index in [0.717, 1.165) is 24.7 Å². The van der Waals surface area contributed by atoms with Crippen molar-refractivity contribution in [3.8, 4) is 12.1 Å². The fourth-order valence-corrected chi connectivity index (χ4v) is 3.15. The maximum Gasteiger partial charge on any atom is 0.196 e. The zero-order valence-corrected chi connectivity index (χ0v) is 15.9. The van der Waals surface area contributed by atoms with Crippen molar-refractivity contribution >= 4 is 23.4 Å². The minimum Gasteiger partial charge on any atom is -0.441 e. The molecule has 0 spiro atoms. The number of para-hydroxylation sites is 1. The summed E-state index contributed by atoms with van der Waals surface area (Å²) < 4.78 is 5.84. The van der Waals surface area contributed by atoms with Crippen molar-refractivity contribution in [2.24, 2.45) is 16.8 Å². The van der Waals surface area contributed by atoms with Crippen molar-refractivity contribution in [2.75, 3.05) is 23.0 Å². The molecule has 0 bridgehead atoms. The smallest absolute Gasteiger partial charge is 0.196 e. The second kappa shape index (κ2) is 8.43. The third-order valence-corrected chi connectivity index (χ3v) is 4.66.